The van der Waals surface area contributed by atoms with Gasteiger partial charge in [0.2, 0.25) is 5.91 Å². The van der Waals surface area contributed by atoms with Gasteiger partial charge >= 0.3 is 6.03 Å². The van der Waals surface area contributed by atoms with Crippen molar-refractivity contribution < 1.29 is 9.59 Å². The number of nitrogens with one attached hydrogen (secondary N) is 2. The van der Waals surface area contributed by atoms with Gasteiger partial charge < -0.3 is 5.32 Å². The molecule has 0 unspecified atom stereocenters. The van der Waals surface area contributed by atoms with Gasteiger partial charge in [-0.1, -0.05) is 58.9 Å². The first kappa shape index (κ1) is 20.2. The summed E-state index contributed by atoms with van der Waals surface area (Å²) in [4.78, 5) is 25.3. The van der Waals surface area contributed by atoms with Gasteiger partial charge in [-0.3, -0.25) is 15.0 Å². The van der Waals surface area contributed by atoms with Crippen molar-refractivity contribution in [3.8, 4) is 0 Å². The molecule has 0 heterocycles. The van der Waals surface area contributed by atoms with E-state index in [9.17, 15) is 9.59 Å². The minimum atomic E-state index is -0.434. The van der Waals surface area contributed by atoms with Crippen LogP contribution in [-0.2, 0) is 16.8 Å². The molecule has 0 spiro atoms. The fraction of sp³-hybridized carbons (Fsp3) is 0.579. The molecule has 5 heteroatoms. The molecule has 2 N–H and O–H groups in total. The van der Waals surface area contributed by atoms with E-state index in [4.69, 9.17) is 0 Å². The monoisotopic (exact) mass is 333 g/mol. The van der Waals surface area contributed by atoms with Crippen LogP contribution in [0.2, 0.25) is 0 Å². The number of benzene rings is 1. The van der Waals surface area contributed by atoms with E-state index >= 15 is 0 Å². The highest BCUT2D eigenvalue weighted by molar-refractivity contribution is 5.95. The van der Waals surface area contributed by atoms with Crippen LogP contribution in [0, 0.1) is 5.92 Å². The summed E-state index contributed by atoms with van der Waals surface area (Å²) in [6.07, 6.45) is 0. The average Bonchev–Trinajstić information content (AvgIpc) is 2.44. The molecule has 0 fully saturated rings. The third-order valence-corrected chi connectivity index (χ3v) is 3.61. The van der Waals surface area contributed by atoms with Crippen LogP contribution >= 0.6 is 0 Å². The summed E-state index contributed by atoms with van der Waals surface area (Å²) in [5.41, 5.74) is 2.56. The summed E-state index contributed by atoms with van der Waals surface area (Å²) >= 11 is 0. The van der Waals surface area contributed by atoms with E-state index in [1.807, 2.05) is 25.8 Å². The van der Waals surface area contributed by atoms with Crippen LogP contribution in [0.25, 0.3) is 0 Å². The standard InChI is InChI=1S/C19H31N3O2/c1-14(2)11-20-18(24)21-17(23)13-22(6)12-15-7-9-16(10-8-15)19(3,4)5/h7-10,14H,11-13H2,1-6H3,(H2,20,21,23,24). The van der Waals surface area contributed by atoms with E-state index in [0.717, 1.165) is 5.56 Å². The maximum Gasteiger partial charge on any atom is 0.321 e. The van der Waals surface area contributed by atoms with Crippen molar-refractivity contribution in [2.75, 3.05) is 20.1 Å². The Hall–Kier alpha value is -1.88. The van der Waals surface area contributed by atoms with Gasteiger partial charge in [0, 0.05) is 13.1 Å². The van der Waals surface area contributed by atoms with E-state index in [1.165, 1.54) is 5.56 Å². The number of carbonyl (C=O) groups excluding carboxylic acids is 2. The molecule has 5 nitrogen and oxygen atoms in total. The molecule has 1 aromatic rings. The number of urea groups is 1. The predicted molar refractivity (Wildman–Crippen MR) is 97.9 cm³/mol. The maximum atomic E-state index is 11.9. The molecule has 134 valence electrons. The average molecular weight is 333 g/mol. The number of carbonyl (C=O) groups is 2. The highest BCUT2D eigenvalue weighted by atomic mass is 16.2. The lowest BCUT2D eigenvalue weighted by molar-refractivity contribution is -0.120. The fourth-order valence-electron chi connectivity index (χ4n) is 2.23. The highest BCUT2D eigenvalue weighted by Crippen LogP contribution is 2.22. The Morgan fingerprint density at radius 3 is 2.21 bits per heavy atom. The van der Waals surface area contributed by atoms with E-state index in [0.29, 0.717) is 19.0 Å². The maximum absolute atomic E-state index is 11.9. The van der Waals surface area contributed by atoms with Gasteiger partial charge in [-0.25, -0.2) is 4.79 Å². The van der Waals surface area contributed by atoms with E-state index in [-0.39, 0.29) is 17.9 Å². The van der Waals surface area contributed by atoms with Crippen LogP contribution in [0.1, 0.15) is 45.7 Å². The molecule has 0 saturated heterocycles. The van der Waals surface area contributed by atoms with E-state index < -0.39 is 6.03 Å². The SMILES string of the molecule is CC(C)CNC(=O)NC(=O)CN(C)Cc1ccc(C(C)(C)C)cc1. The van der Waals surface area contributed by atoms with Gasteiger partial charge in [0.05, 0.1) is 6.54 Å². The molecular formula is C19H31N3O2. The van der Waals surface area contributed by atoms with Crippen LogP contribution in [0.5, 0.6) is 0 Å². The molecule has 0 saturated carbocycles. The topological polar surface area (TPSA) is 61.4 Å². The zero-order chi connectivity index (χ0) is 18.3. The molecule has 24 heavy (non-hydrogen) atoms. The molecule has 0 bridgehead atoms. The van der Waals surface area contributed by atoms with Crippen molar-refractivity contribution in [3.05, 3.63) is 35.4 Å². The fourth-order valence-corrected chi connectivity index (χ4v) is 2.23. The summed E-state index contributed by atoms with van der Waals surface area (Å²) < 4.78 is 0. The van der Waals surface area contributed by atoms with E-state index in [2.05, 4.69) is 55.7 Å². The van der Waals surface area contributed by atoms with Crippen LogP contribution < -0.4 is 10.6 Å². The van der Waals surface area contributed by atoms with E-state index in [1.54, 1.807) is 0 Å². The minimum absolute atomic E-state index is 0.133. The number of nitrogens with zero attached hydrogens (tertiary/aromatic N) is 1. The molecule has 1 rings (SSSR count). The summed E-state index contributed by atoms with van der Waals surface area (Å²) in [6.45, 7) is 11.9. The van der Waals surface area contributed by atoms with Crippen molar-refractivity contribution in [1.82, 2.24) is 15.5 Å². The number of rotatable bonds is 6. The van der Waals surface area contributed by atoms with Crippen LogP contribution in [0.4, 0.5) is 4.79 Å². The van der Waals surface area contributed by atoms with Crippen LogP contribution in [0.3, 0.4) is 0 Å². The Morgan fingerprint density at radius 1 is 1.12 bits per heavy atom. The number of likely N-dealkylation sites (N-methyl/N-ethyl adjacent to an activating group) is 1. The molecule has 0 aliphatic carbocycles. The molecule has 0 aliphatic rings. The van der Waals surface area contributed by atoms with Gasteiger partial charge in [0.15, 0.2) is 0 Å². The van der Waals surface area contributed by atoms with Gasteiger partial charge in [-0.05, 0) is 29.5 Å². The smallest absolute Gasteiger partial charge is 0.321 e. The molecule has 1 aromatic carbocycles. The number of imide groups is 1. The van der Waals surface area contributed by atoms with Crippen molar-refractivity contribution in [2.24, 2.45) is 5.92 Å². The normalized spacial score (nSPS) is 11.7. The quantitative estimate of drug-likeness (QED) is 0.841. The van der Waals surface area contributed by atoms with Crippen LogP contribution in [0.15, 0.2) is 24.3 Å². The Bertz CT molecular complexity index is 545. The lowest BCUT2D eigenvalue weighted by atomic mass is 9.87. The molecule has 0 aromatic heterocycles. The molecule has 0 atom stereocenters. The number of amides is 3. The third kappa shape index (κ3) is 7.59. The Labute approximate surface area is 145 Å². The largest absolute Gasteiger partial charge is 0.338 e. The predicted octanol–water partition coefficient (Wildman–Crippen LogP) is 2.90. The van der Waals surface area contributed by atoms with Crippen molar-refractivity contribution in [3.63, 3.8) is 0 Å². The lowest BCUT2D eigenvalue weighted by Gasteiger charge is -2.20. The Morgan fingerprint density at radius 2 is 1.71 bits per heavy atom. The van der Waals surface area contributed by atoms with Gasteiger partial charge in [0.1, 0.15) is 0 Å². The summed E-state index contributed by atoms with van der Waals surface area (Å²) in [5, 5.41) is 5.02. The third-order valence-electron chi connectivity index (χ3n) is 3.61. The first-order valence-electron chi connectivity index (χ1n) is 8.43. The van der Waals surface area contributed by atoms with Crippen molar-refractivity contribution in [2.45, 2.75) is 46.6 Å². The summed E-state index contributed by atoms with van der Waals surface area (Å²) in [6, 6.07) is 8.00. The van der Waals surface area contributed by atoms with Gasteiger partial charge in [-0.2, -0.15) is 0 Å². The van der Waals surface area contributed by atoms with Gasteiger partial charge in [-0.15, -0.1) is 0 Å². The minimum Gasteiger partial charge on any atom is -0.338 e. The molecule has 0 aliphatic heterocycles. The Balaban J connectivity index is 2.44. The molecule has 0 radical (unpaired) electrons. The second kappa shape index (κ2) is 8.83. The second-order valence-electron chi connectivity index (χ2n) is 7.77. The molecular weight excluding hydrogens is 302 g/mol. The highest BCUT2D eigenvalue weighted by Gasteiger charge is 2.14. The second-order valence-corrected chi connectivity index (χ2v) is 7.77. The number of hydrogen-bond donors (Lipinski definition) is 2. The molecule has 3 amide bonds. The Kier molecular flexibility index (Phi) is 7.42. The number of hydrogen-bond acceptors (Lipinski definition) is 3. The van der Waals surface area contributed by atoms with Crippen molar-refractivity contribution >= 4 is 11.9 Å². The first-order valence-corrected chi connectivity index (χ1v) is 8.43. The first-order chi connectivity index (χ1) is 11.1. The van der Waals surface area contributed by atoms with Crippen LogP contribution in [-0.4, -0.2) is 37.0 Å². The summed E-state index contributed by atoms with van der Waals surface area (Å²) in [7, 11) is 1.86. The zero-order valence-corrected chi connectivity index (χ0v) is 15.8. The van der Waals surface area contributed by atoms with Gasteiger partial charge in [0.25, 0.3) is 0 Å². The lowest BCUT2D eigenvalue weighted by Crippen LogP contribution is -2.44. The summed E-state index contributed by atoms with van der Waals surface area (Å²) in [5.74, 6) is 0.0506. The zero-order valence-electron chi connectivity index (χ0n) is 15.8. The van der Waals surface area contributed by atoms with Crippen molar-refractivity contribution in [1.29, 1.82) is 0 Å².